The Hall–Kier alpha value is -10.5. The van der Waals surface area contributed by atoms with E-state index in [1.54, 1.807) is 58.0 Å². The van der Waals surface area contributed by atoms with Gasteiger partial charge in [0.1, 0.15) is 71.8 Å². The highest BCUT2D eigenvalue weighted by atomic mass is 35.5. The number of aromatic amines is 1. The number of halogens is 2. The lowest BCUT2D eigenvalue weighted by atomic mass is 9.96. The second kappa shape index (κ2) is 51.9. The number of aromatic nitrogens is 2. The number of aliphatic imine (C=N–C) groups is 1. The van der Waals surface area contributed by atoms with Crippen molar-refractivity contribution in [1.29, 1.82) is 0 Å². The van der Waals surface area contributed by atoms with E-state index in [-0.39, 0.29) is 101 Å². The van der Waals surface area contributed by atoms with Crippen molar-refractivity contribution in [2.24, 2.45) is 45.9 Å². The third-order valence-electron chi connectivity index (χ3n) is 20.0. The molecule has 664 valence electrons. The fraction of sp³-hybridized carbons (Fsp3) is 0.597. The van der Waals surface area contributed by atoms with Gasteiger partial charge in [-0.25, -0.2) is 4.98 Å². The Bertz CT molecular complexity index is 3990. The second-order valence-corrected chi connectivity index (χ2v) is 32.2. The summed E-state index contributed by atoms with van der Waals surface area (Å²) in [6, 6.07) is -3.40. The number of nitrogens with one attached hydrogen (secondary N) is 13. The highest BCUT2D eigenvalue weighted by molar-refractivity contribution is 8.15. The molecule has 3 aromatic rings. The van der Waals surface area contributed by atoms with Crippen LogP contribution in [0.1, 0.15) is 162 Å². The number of primary amides is 1. The van der Waals surface area contributed by atoms with Crippen molar-refractivity contribution in [3.8, 4) is 0 Å². The van der Waals surface area contributed by atoms with E-state index in [4.69, 9.17) is 45.5 Å². The third kappa shape index (κ3) is 34.3. The summed E-state index contributed by atoms with van der Waals surface area (Å²) in [6.07, 6.45) is -0.867. The molecule has 23 N–H and O–H groups in total. The molecule has 5 rings (SSSR count). The number of aliphatic hydroxyl groups is 2. The van der Waals surface area contributed by atoms with Gasteiger partial charge in [-0.05, 0) is 98.4 Å². The van der Waals surface area contributed by atoms with Gasteiger partial charge in [0.15, 0.2) is 4.84 Å². The number of thioether (sulfide) groups is 1. The van der Waals surface area contributed by atoms with Crippen molar-refractivity contribution in [3.63, 3.8) is 0 Å². The summed E-state index contributed by atoms with van der Waals surface area (Å²) >= 11 is 11.9. The van der Waals surface area contributed by atoms with Gasteiger partial charge in [-0.3, -0.25) is 87.0 Å². The fourth-order valence-electron chi connectivity index (χ4n) is 12.4. The van der Waals surface area contributed by atoms with Gasteiger partial charge in [-0.2, -0.15) is 0 Å². The number of alkyl halides is 2. The van der Waals surface area contributed by atoms with Crippen molar-refractivity contribution in [1.82, 2.24) is 73.8 Å². The van der Waals surface area contributed by atoms with Gasteiger partial charge >= 0.3 is 11.9 Å². The predicted molar refractivity (Wildman–Crippen MR) is 442 cm³/mol. The Balaban J connectivity index is 0.00000132. The summed E-state index contributed by atoms with van der Waals surface area (Å²) in [6.45, 7) is 13.7. The molecule has 2 aliphatic heterocycles. The van der Waals surface area contributed by atoms with Crippen LogP contribution in [0.4, 0.5) is 5.69 Å². The number of carboxylic acid groups (broad SMARTS) is 2. The Morgan fingerprint density at radius 1 is 0.675 bits per heavy atom. The third-order valence-corrected chi connectivity index (χ3v) is 21.7. The van der Waals surface area contributed by atoms with Crippen LogP contribution in [0.5, 0.6) is 0 Å². The minimum Gasteiger partial charge on any atom is -0.481 e. The van der Waals surface area contributed by atoms with E-state index in [9.17, 15) is 97.4 Å². The van der Waals surface area contributed by atoms with Crippen LogP contribution in [0.2, 0.25) is 0 Å². The first-order valence-corrected chi connectivity index (χ1v) is 41.3. The molecule has 0 saturated carbocycles. The molecular formula is C77H115Cl2N19O21S. The summed E-state index contributed by atoms with van der Waals surface area (Å²) in [4.78, 5) is 227. The predicted octanol–water partition coefficient (Wildman–Crippen LogP) is -0.769. The number of nitro benzene ring substituents is 1. The monoisotopic (exact) mass is 1740 g/mol. The van der Waals surface area contributed by atoms with E-state index in [1.165, 1.54) is 48.6 Å². The summed E-state index contributed by atoms with van der Waals surface area (Å²) in [5, 5.41) is 80.3. The quantitative estimate of drug-likeness (QED) is 0.0191. The van der Waals surface area contributed by atoms with Gasteiger partial charge in [0.05, 0.1) is 54.4 Å². The SMILES string of the molecule is CC[C@@H](C)[C@H](N)C1=NC[C@H](C(=O)N[C@@H](CC(C)C)C(=O)N[C@H](CCC(=O)O)C(=O)N[C@H](C(=O)N[C@H]2CCCCNC(=O)[C@H](CC(N)=O)NC(=O)[C@@H](CC(=O)O)NC(=O)[C@H](Cc3cnc[nH]3)NC(=O)[C@@H](Cc3ccccc3)NC(=O)[C@H]([C@H](C)CC)NC(=O)[C@@H](CCCN)NC2=O)[C@H](C)CC)S1.O=C(N[C@H](CO)[C@H](O)c1ccc([N+](=O)[O-])cc1)C(Cl)Cl. The molecule has 2 aromatic carbocycles. The number of carbonyl (C=O) groups is 15. The number of H-pyrrole nitrogens is 1. The summed E-state index contributed by atoms with van der Waals surface area (Å²) in [5.74, 6) is -16.4. The number of imidazole rings is 1. The van der Waals surface area contributed by atoms with E-state index < -0.39 is 226 Å². The first kappa shape index (κ1) is 102. The number of nitrogens with zero attached hydrogens (tertiary/aromatic N) is 3. The van der Waals surface area contributed by atoms with Crippen LogP contribution in [0.25, 0.3) is 0 Å². The second-order valence-electron chi connectivity index (χ2n) is 29.8. The van der Waals surface area contributed by atoms with Crippen LogP contribution in [-0.2, 0) is 84.8 Å². The largest absolute Gasteiger partial charge is 0.481 e. The number of benzene rings is 2. The van der Waals surface area contributed by atoms with Gasteiger partial charge in [0.2, 0.25) is 70.9 Å². The van der Waals surface area contributed by atoms with Gasteiger partial charge < -0.3 is 106 Å². The highest BCUT2D eigenvalue weighted by Crippen LogP contribution is 2.27. The topological polar surface area (TPSA) is 644 Å². The maximum Gasteiger partial charge on any atom is 0.305 e. The van der Waals surface area contributed by atoms with Crippen molar-refractivity contribution >= 4 is 134 Å². The van der Waals surface area contributed by atoms with Crippen LogP contribution in [0, 0.1) is 33.8 Å². The molecule has 17 atom stereocenters. The van der Waals surface area contributed by atoms with E-state index in [2.05, 4.69) is 78.8 Å². The molecule has 0 bridgehead atoms. The molecule has 43 heteroatoms. The normalized spacial score (nSPS) is 21.6. The van der Waals surface area contributed by atoms with Crippen molar-refractivity contribution in [2.45, 2.75) is 240 Å². The van der Waals surface area contributed by atoms with Gasteiger partial charge in [0, 0.05) is 49.8 Å². The van der Waals surface area contributed by atoms with Crippen LogP contribution in [0.15, 0.2) is 72.1 Å². The molecule has 3 heterocycles. The number of non-ortho nitro benzene ring substituents is 1. The van der Waals surface area contributed by atoms with E-state index in [1.807, 2.05) is 27.7 Å². The molecule has 0 aliphatic carbocycles. The molecular weight excluding hydrogens is 1630 g/mol. The number of aliphatic carboxylic acids is 2. The Morgan fingerprint density at radius 2 is 1.27 bits per heavy atom. The number of nitro groups is 1. The number of hydrogen-bond donors (Lipinski definition) is 20. The highest BCUT2D eigenvalue weighted by Gasteiger charge is 2.41. The molecule has 1 saturated heterocycles. The lowest BCUT2D eigenvalue weighted by molar-refractivity contribution is -0.384. The number of aliphatic hydroxyl groups excluding tert-OH is 2. The molecule has 2 aliphatic rings. The zero-order valence-corrected chi connectivity index (χ0v) is 70.6. The number of hydrogen-bond acceptors (Lipinski definition) is 24. The number of rotatable bonds is 37. The van der Waals surface area contributed by atoms with Crippen LogP contribution in [0.3, 0.4) is 0 Å². The fourth-order valence-corrected chi connectivity index (χ4v) is 13.6. The molecule has 13 amide bonds. The lowest BCUT2D eigenvalue weighted by Gasteiger charge is -2.30. The average Bonchev–Trinajstić information content (AvgIpc) is 0.955. The van der Waals surface area contributed by atoms with Crippen LogP contribution in [-0.4, -0.2) is 238 Å². The standard InChI is InChI=1S/C66H103N17O16S.C11H12Cl2N2O5/c1-9-35(6)52(69)66-72-32-48(100-66)63(97)80-43(26-34(4)5)59(93)75-42(22-23-50(85)86)58(92)83-53(36(7)10-2)64(98)76-40-20-15-16-25-71-55(89)46(29-49(68)84)78-62(96)47(30-51(87)88)79-61(95)45(28-39-31-70-33-73-39)77-60(94)44(27-38-18-13-12-14-19-38)81-65(99)54(37(8)11-3)82-57(91)41(21-17-24-67)74-56(40)90;12-10(13)11(18)14-8(5-16)9(17)6-1-3-7(4-2-6)15(19)20/h12-14,18-19,31,33-37,40-48,52-54H,9-11,15-17,20-30,32,67,69H2,1-8H3,(H2,68,84)(H,70,73)(H,71,89)(H,74,90)(H,75,93)(H,76,98)(H,77,94)(H,78,96)(H,79,95)(H,80,97)(H,81,99)(H,82,91)(H,83,92)(H,85,86)(H,87,88);1-4,8-10,16-17H,5H2,(H,14,18)/t35-,36-,37-,40+,41-,42-,43+,44-,45+,46+,47-,48-,52+,53+,54+;8-,9-/m11/s1. The maximum atomic E-state index is 14.9. The number of nitrogens with two attached hydrogens (primary N) is 3. The average molecular weight is 1750 g/mol. The van der Waals surface area contributed by atoms with Gasteiger partial charge in [0.25, 0.3) is 11.6 Å². The van der Waals surface area contributed by atoms with E-state index in [0.29, 0.717) is 21.9 Å². The number of carbonyl (C=O) groups excluding carboxylic acids is 13. The van der Waals surface area contributed by atoms with E-state index >= 15 is 0 Å². The molecule has 0 unspecified atom stereocenters. The molecule has 0 spiro atoms. The first-order valence-electron chi connectivity index (χ1n) is 39.6. The maximum absolute atomic E-state index is 14.9. The molecule has 0 radical (unpaired) electrons. The van der Waals surface area contributed by atoms with Gasteiger partial charge in [-0.15, -0.1) is 0 Å². The molecule has 120 heavy (non-hydrogen) atoms. The summed E-state index contributed by atoms with van der Waals surface area (Å²) < 4.78 is 0. The minimum absolute atomic E-state index is 0.00169. The Labute approximate surface area is 708 Å². The Kier molecular flexibility index (Phi) is 44.1. The van der Waals surface area contributed by atoms with Crippen molar-refractivity contribution in [3.05, 3.63) is 94.1 Å². The van der Waals surface area contributed by atoms with E-state index in [0.717, 1.165) is 6.42 Å². The number of amides is 13. The van der Waals surface area contributed by atoms with Crippen LogP contribution >= 0.6 is 35.0 Å². The van der Waals surface area contributed by atoms with Gasteiger partial charge in [-0.1, -0.05) is 140 Å². The summed E-state index contributed by atoms with van der Waals surface area (Å²) in [5.41, 5.74) is 18.9. The molecule has 1 fully saturated rings. The lowest BCUT2D eigenvalue weighted by Crippen LogP contribution is -2.62. The zero-order chi connectivity index (χ0) is 89.6. The smallest absolute Gasteiger partial charge is 0.305 e. The van der Waals surface area contributed by atoms with Crippen molar-refractivity contribution in [2.75, 3.05) is 26.2 Å². The summed E-state index contributed by atoms with van der Waals surface area (Å²) in [7, 11) is 0. The van der Waals surface area contributed by atoms with Crippen LogP contribution < -0.4 is 81.0 Å². The molecule has 40 nitrogen and oxygen atoms in total. The zero-order valence-electron chi connectivity index (χ0n) is 68.2. The Morgan fingerprint density at radius 3 is 1.82 bits per heavy atom. The van der Waals surface area contributed by atoms with Crippen molar-refractivity contribution < 1.29 is 97.3 Å². The number of carboxylic acids is 2. The molecule has 1 aromatic heterocycles. The minimum atomic E-state index is -1.94. The first-order chi connectivity index (χ1) is 56.7.